The van der Waals surface area contributed by atoms with Crippen LogP contribution in [0.15, 0.2) is 18.2 Å². The summed E-state index contributed by atoms with van der Waals surface area (Å²) in [6.45, 7) is 3.35. The lowest BCUT2D eigenvalue weighted by Gasteiger charge is -2.21. The third-order valence-corrected chi connectivity index (χ3v) is 2.81. The van der Waals surface area contributed by atoms with Crippen molar-refractivity contribution in [2.75, 3.05) is 11.9 Å². The van der Waals surface area contributed by atoms with Crippen molar-refractivity contribution in [3.63, 3.8) is 0 Å². The lowest BCUT2D eigenvalue weighted by atomic mass is 9.92. The predicted molar refractivity (Wildman–Crippen MR) is 71.8 cm³/mol. The second kappa shape index (κ2) is 5.70. The van der Waals surface area contributed by atoms with Gasteiger partial charge in [0, 0.05) is 12.2 Å². The van der Waals surface area contributed by atoms with Crippen molar-refractivity contribution in [2.45, 2.75) is 13.8 Å². The number of hydrogen-bond acceptors (Lipinski definition) is 4. The topological polar surface area (TPSA) is 130 Å². The molecule has 0 aliphatic carbocycles. The van der Waals surface area contributed by atoms with Crippen molar-refractivity contribution in [3.05, 3.63) is 29.3 Å². The Morgan fingerprint density at radius 1 is 1.10 bits per heavy atom. The van der Waals surface area contributed by atoms with Gasteiger partial charge in [0.1, 0.15) is 0 Å². The maximum absolute atomic E-state index is 11.9. The number of carbonyl (C=O) groups excluding carboxylic acids is 1. The van der Waals surface area contributed by atoms with Gasteiger partial charge in [-0.3, -0.25) is 4.79 Å². The molecule has 1 aromatic rings. The number of aromatic carboxylic acids is 2. The van der Waals surface area contributed by atoms with Crippen molar-refractivity contribution < 1.29 is 24.6 Å². The van der Waals surface area contributed by atoms with Gasteiger partial charge in [-0.15, -0.1) is 0 Å². The molecule has 0 radical (unpaired) electrons. The second-order valence-corrected chi connectivity index (χ2v) is 4.95. The van der Waals surface area contributed by atoms with E-state index in [0.717, 1.165) is 6.07 Å². The molecule has 0 atom stereocenters. The second-order valence-electron chi connectivity index (χ2n) is 4.95. The molecule has 0 saturated heterocycles. The Labute approximate surface area is 115 Å². The highest BCUT2D eigenvalue weighted by Crippen LogP contribution is 2.20. The van der Waals surface area contributed by atoms with Crippen LogP contribution in [0.3, 0.4) is 0 Å². The van der Waals surface area contributed by atoms with Crippen molar-refractivity contribution in [1.29, 1.82) is 0 Å². The number of nitrogens with two attached hydrogens (primary N) is 1. The van der Waals surface area contributed by atoms with Crippen LogP contribution in [0.1, 0.15) is 34.6 Å². The van der Waals surface area contributed by atoms with Crippen molar-refractivity contribution in [3.8, 4) is 0 Å². The molecule has 0 saturated carbocycles. The van der Waals surface area contributed by atoms with Gasteiger partial charge in [0.15, 0.2) is 0 Å². The van der Waals surface area contributed by atoms with E-state index in [9.17, 15) is 14.4 Å². The zero-order valence-electron chi connectivity index (χ0n) is 11.1. The first-order chi connectivity index (χ1) is 9.17. The van der Waals surface area contributed by atoms with E-state index in [1.54, 1.807) is 13.8 Å². The SMILES string of the molecule is CC(C)(CN)C(=O)Nc1cc(C(=O)O)cc(C(=O)O)c1. The van der Waals surface area contributed by atoms with Crippen LogP contribution in [0.5, 0.6) is 0 Å². The summed E-state index contributed by atoms with van der Waals surface area (Å²) in [5.41, 5.74) is 4.30. The van der Waals surface area contributed by atoms with Gasteiger partial charge in [-0.05, 0) is 32.0 Å². The molecule has 1 aromatic carbocycles. The molecule has 0 spiro atoms. The molecule has 0 unspecified atom stereocenters. The van der Waals surface area contributed by atoms with Gasteiger partial charge in [-0.2, -0.15) is 0 Å². The van der Waals surface area contributed by atoms with E-state index < -0.39 is 23.3 Å². The van der Waals surface area contributed by atoms with Gasteiger partial charge in [0.2, 0.25) is 5.91 Å². The molecule has 1 rings (SSSR count). The van der Waals surface area contributed by atoms with Crippen LogP contribution in [0, 0.1) is 5.41 Å². The Morgan fingerprint density at radius 3 is 1.90 bits per heavy atom. The first-order valence-corrected chi connectivity index (χ1v) is 5.80. The minimum atomic E-state index is -1.28. The van der Waals surface area contributed by atoms with Gasteiger partial charge < -0.3 is 21.3 Å². The normalized spacial score (nSPS) is 10.9. The molecule has 0 aromatic heterocycles. The quantitative estimate of drug-likeness (QED) is 0.636. The van der Waals surface area contributed by atoms with Gasteiger partial charge in [0.05, 0.1) is 16.5 Å². The molecule has 0 fully saturated rings. The van der Waals surface area contributed by atoms with E-state index in [1.807, 2.05) is 0 Å². The summed E-state index contributed by atoms with van der Waals surface area (Å²) in [6, 6.07) is 3.41. The Bertz CT molecular complexity index is 534. The fraction of sp³-hybridized carbons (Fsp3) is 0.308. The maximum Gasteiger partial charge on any atom is 0.335 e. The number of hydrogen-bond donors (Lipinski definition) is 4. The zero-order valence-corrected chi connectivity index (χ0v) is 11.1. The number of carboxylic acid groups (broad SMARTS) is 2. The number of nitrogens with one attached hydrogen (secondary N) is 1. The van der Waals surface area contributed by atoms with Crippen LogP contribution in [-0.4, -0.2) is 34.6 Å². The molecule has 0 aliphatic rings. The Kier molecular flexibility index (Phi) is 4.46. The van der Waals surface area contributed by atoms with Crippen molar-refractivity contribution >= 4 is 23.5 Å². The highest BCUT2D eigenvalue weighted by atomic mass is 16.4. The van der Waals surface area contributed by atoms with Crippen LogP contribution in [-0.2, 0) is 4.79 Å². The minimum absolute atomic E-state index is 0.100. The van der Waals surface area contributed by atoms with Gasteiger partial charge in [-0.1, -0.05) is 0 Å². The van der Waals surface area contributed by atoms with Crippen LogP contribution >= 0.6 is 0 Å². The lowest BCUT2D eigenvalue weighted by Crippen LogP contribution is -2.37. The molecular formula is C13H16N2O5. The highest BCUT2D eigenvalue weighted by Gasteiger charge is 2.26. The molecule has 108 valence electrons. The number of anilines is 1. The summed E-state index contributed by atoms with van der Waals surface area (Å²) in [6.07, 6.45) is 0. The van der Waals surface area contributed by atoms with Crippen LogP contribution in [0.4, 0.5) is 5.69 Å². The number of rotatable bonds is 5. The van der Waals surface area contributed by atoms with E-state index in [-0.39, 0.29) is 23.4 Å². The third-order valence-electron chi connectivity index (χ3n) is 2.81. The molecule has 20 heavy (non-hydrogen) atoms. The third kappa shape index (κ3) is 3.55. The van der Waals surface area contributed by atoms with Crippen molar-refractivity contribution in [1.82, 2.24) is 0 Å². The number of benzene rings is 1. The molecule has 0 bridgehead atoms. The van der Waals surface area contributed by atoms with E-state index in [4.69, 9.17) is 15.9 Å². The molecule has 5 N–H and O–H groups in total. The monoisotopic (exact) mass is 280 g/mol. The van der Waals surface area contributed by atoms with E-state index in [1.165, 1.54) is 12.1 Å². The first kappa shape index (κ1) is 15.6. The van der Waals surface area contributed by atoms with E-state index >= 15 is 0 Å². The first-order valence-electron chi connectivity index (χ1n) is 5.80. The number of carbonyl (C=O) groups is 3. The minimum Gasteiger partial charge on any atom is -0.478 e. The highest BCUT2D eigenvalue weighted by molar-refractivity contribution is 5.99. The van der Waals surface area contributed by atoms with E-state index in [2.05, 4.69) is 5.32 Å². The zero-order chi connectivity index (χ0) is 15.5. The fourth-order valence-corrected chi connectivity index (χ4v) is 1.34. The van der Waals surface area contributed by atoms with Gasteiger partial charge >= 0.3 is 11.9 Å². The molecule has 0 heterocycles. The van der Waals surface area contributed by atoms with Gasteiger partial charge in [-0.25, -0.2) is 9.59 Å². The van der Waals surface area contributed by atoms with Crippen LogP contribution in [0.25, 0.3) is 0 Å². The summed E-state index contributed by atoms with van der Waals surface area (Å²) in [4.78, 5) is 33.8. The molecular weight excluding hydrogens is 264 g/mol. The summed E-state index contributed by atoms with van der Waals surface area (Å²) in [5.74, 6) is -2.97. The number of carboxylic acids is 2. The molecule has 7 heteroatoms. The molecule has 7 nitrogen and oxygen atoms in total. The van der Waals surface area contributed by atoms with Crippen LogP contribution in [0.2, 0.25) is 0 Å². The smallest absolute Gasteiger partial charge is 0.335 e. The van der Waals surface area contributed by atoms with E-state index in [0.29, 0.717) is 0 Å². The summed E-state index contributed by atoms with van der Waals surface area (Å²) < 4.78 is 0. The van der Waals surface area contributed by atoms with Crippen molar-refractivity contribution in [2.24, 2.45) is 11.1 Å². The summed E-state index contributed by atoms with van der Waals surface area (Å²) >= 11 is 0. The fourth-order valence-electron chi connectivity index (χ4n) is 1.34. The molecule has 0 aliphatic heterocycles. The summed E-state index contributed by atoms with van der Waals surface area (Å²) in [5, 5.41) is 20.3. The van der Waals surface area contributed by atoms with Gasteiger partial charge in [0.25, 0.3) is 0 Å². The average molecular weight is 280 g/mol. The largest absolute Gasteiger partial charge is 0.478 e. The Morgan fingerprint density at radius 2 is 1.55 bits per heavy atom. The standard InChI is InChI=1S/C13H16N2O5/c1-13(2,6-14)12(20)15-9-4-7(10(16)17)3-8(5-9)11(18)19/h3-5H,6,14H2,1-2H3,(H,15,20)(H,16,17)(H,18,19). The molecule has 1 amide bonds. The maximum atomic E-state index is 11.9. The lowest BCUT2D eigenvalue weighted by molar-refractivity contribution is -0.123. The average Bonchev–Trinajstić information content (AvgIpc) is 2.38. The predicted octanol–water partition coefficient (Wildman–Crippen LogP) is 1.01. The Balaban J connectivity index is 3.15. The number of amides is 1. The summed E-state index contributed by atoms with van der Waals surface area (Å²) in [7, 11) is 0. The van der Waals surface area contributed by atoms with Crippen LogP contribution < -0.4 is 11.1 Å². The Hall–Kier alpha value is -2.41.